The highest BCUT2D eigenvalue weighted by Crippen LogP contribution is 2.29. The Morgan fingerprint density at radius 2 is 2.06 bits per heavy atom. The molecule has 1 fully saturated rings. The van der Waals surface area contributed by atoms with Crippen molar-refractivity contribution in [3.8, 4) is 5.75 Å². The molecule has 4 nitrogen and oxygen atoms in total. The molecule has 1 saturated carbocycles. The maximum absolute atomic E-state index is 11.5. The van der Waals surface area contributed by atoms with E-state index in [-0.39, 0.29) is 5.91 Å². The third-order valence-corrected chi connectivity index (χ3v) is 2.51. The van der Waals surface area contributed by atoms with E-state index in [2.05, 4.69) is 10.6 Å². The highest BCUT2D eigenvalue weighted by Gasteiger charge is 2.24. The van der Waals surface area contributed by atoms with Crippen LogP contribution >= 0.6 is 0 Å². The smallest absolute Gasteiger partial charge is 0.251 e. The second-order valence-corrected chi connectivity index (χ2v) is 3.89. The first-order chi connectivity index (χ1) is 7.72. The highest BCUT2D eigenvalue weighted by atomic mass is 16.5. The van der Waals surface area contributed by atoms with Gasteiger partial charge >= 0.3 is 0 Å². The average Bonchev–Trinajstić information content (AvgIpc) is 3.11. The zero-order chi connectivity index (χ0) is 11.5. The largest absolute Gasteiger partial charge is 0.490 e. The summed E-state index contributed by atoms with van der Waals surface area (Å²) in [5.41, 5.74) is 1.50. The Morgan fingerprint density at radius 1 is 1.31 bits per heavy atom. The van der Waals surface area contributed by atoms with E-state index >= 15 is 0 Å². The van der Waals surface area contributed by atoms with Gasteiger partial charge in [0.15, 0.2) is 0 Å². The molecule has 1 aliphatic rings. The predicted molar refractivity (Wildman–Crippen MR) is 63.0 cm³/mol. The summed E-state index contributed by atoms with van der Waals surface area (Å²) >= 11 is 0. The normalized spacial score (nSPS) is 14.4. The average molecular weight is 220 g/mol. The van der Waals surface area contributed by atoms with Crippen LogP contribution in [0.2, 0.25) is 0 Å². The molecule has 0 saturated heterocycles. The zero-order valence-electron chi connectivity index (χ0n) is 9.54. The van der Waals surface area contributed by atoms with Crippen molar-refractivity contribution < 1.29 is 9.53 Å². The molecule has 0 unspecified atom stereocenters. The van der Waals surface area contributed by atoms with Crippen LogP contribution in [0.5, 0.6) is 5.75 Å². The van der Waals surface area contributed by atoms with Crippen molar-refractivity contribution in [2.75, 3.05) is 19.4 Å². The third-order valence-electron chi connectivity index (χ3n) is 2.51. The van der Waals surface area contributed by atoms with Gasteiger partial charge in [-0.25, -0.2) is 0 Å². The van der Waals surface area contributed by atoms with Gasteiger partial charge in [-0.05, 0) is 25.0 Å². The molecule has 86 valence electrons. The van der Waals surface area contributed by atoms with Crippen LogP contribution in [-0.4, -0.2) is 26.1 Å². The van der Waals surface area contributed by atoms with Crippen molar-refractivity contribution in [2.24, 2.45) is 0 Å². The number of anilines is 1. The van der Waals surface area contributed by atoms with Crippen LogP contribution in [-0.2, 0) is 0 Å². The van der Waals surface area contributed by atoms with E-state index in [1.54, 1.807) is 19.2 Å². The van der Waals surface area contributed by atoms with Crippen LogP contribution < -0.4 is 15.4 Å². The van der Waals surface area contributed by atoms with Crippen LogP contribution in [0.1, 0.15) is 23.2 Å². The summed E-state index contributed by atoms with van der Waals surface area (Å²) in [6.07, 6.45) is 2.56. The van der Waals surface area contributed by atoms with Gasteiger partial charge in [0, 0.05) is 31.4 Å². The summed E-state index contributed by atoms with van der Waals surface area (Å²) in [6, 6.07) is 5.49. The molecule has 0 atom stereocenters. The SMILES string of the molecule is CNC(=O)c1cc(NC)cc(OC2CC2)c1. The molecule has 0 spiro atoms. The lowest BCUT2D eigenvalue weighted by Gasteiger charge is -2.09. The molecule has 0 heterocycles. The molecule has 0 bridgehead atoms. The zero-order valence-corrected chi connectivity index (χ0v) is 9.54. The van der Waals surface area contributed by atoms with Crippen LogP contribution in [0.25, 0.3) is 0 Å². The number of carbonyl (C=O) groups excluding carboxylic acids is 1. The molecule has 0 radical (unpaired) electrons. The second-order valence-electron chi connectivity index (χ2n) is 3.89. The lowest BCUT2D eigenvalue weighted by Crippen LogP contribution is -2.18. The minimum Gasteiger partial charge on any atom is -0.490 e. The first-order valence-electron chi connectivity index (χ1n) is 5.44. The standard InChI is InChI=1S/C12H16N2O2/c1-13-9-5-8(12(15)14-2)6-11(7-9)16-10-3-4-10/h5-7,10,13H,3-4H2,1-2H3,(H,14,15). The summed E-state index contributed by atoms with van der Waals surface area (Å²) in [6.45, 7) is 0. The van der Waals surface area contributed by atoms with Gasteiger partial charge in [-0.15, -0.1) is 0 Å². The third kappa shape index (κ3) is 2.45. The van der Waals surface area contributed by atoms with Gasteiger partial charge in [0.1, 0.15) is 5.75 Å². The minimum atomic E-state index is -0.0993. The minimum absolute atomic E-state index is 0.0993. The van der Waals surface area contributed by atoms with Crippen LogP contribution in [0.3, 0.4) is 0 Å². The number of rotatable bonds is 4. The molecular weight excluding hydrogens is 204 g/mol. The van der Waals surface area contributed by atoms with E-state index in [0.29, 0.717) is 11.7 Å². The number of nitrogens with one attached hydrogen (secondary N) is 2. The Bertz CT molecular complexity index is 400. The quantitative estimate of drug-likeness (QED) is 0.810. The summed E-state index contributed by atoms with van der Waals surface area (Å²) in [5.74, 6) is 0.658. The van der Waals surface area contributed by atoms with Crippen molar-refractivity contribution in [1.29, 1.82) is 0 Å². The van der Waals surface area contributed by atoms with E-state index in [1.165, 1.54) is 0 Å². The van der Waals surface area contributed by atoms with Gasteiger partial charge in [-0.3, -0.25) is 4.79 Å². The van der Waals surface area contributed by atoms with Crippen molar-refractivity contribution in [2.45, 2.75) is 18.9 Å². The molecule has 1 aliphatic carbocycles. The molecular formula is C12H16N2O2. The number of benzene rings is 1. The predicted octanol–water partition coefficient (Wildman–Crippen LogP) is 1.63. The first-order valence-corrected chi connectivity index (χ1v) is 5.44. The van der Waals surface area contributed by atoms with Gasteiger partial charge in [0.25, 0.3) is 5.91 Å². The Kier molecular flexibility index (Phi) is 2.99. The molecule has 1 aromatic rings. The highest BCUT2D eigenvalue weighted by molar-refractivity contribution is 5.95. The van der Waals surface area contributed by atoms with Gasteiger partial charge in [0.05, 0.1) is 6.10 Å². The van der Waals surface area contributed by atoms with E-state index in [4.69, 9.17) is 4.74 Å². The molecule has 2 rings (SSSR count). The van der Waals surface area contributed by atoms with Crippen LogP contribution in [0, 0.1) is 0 Å². The molecule has 4 heteroatoms. The molecule has 0 aromatic heterocycles. The maximum atomic E-state index is 11.5. The molecule has 1 aromatic carbocycles. The maximum Gasteiger partial charge on any atom is 0.251 e. The number of hydrogen-bond donors (Lipinski definition) is 2. The van der Waals surface area contributed by atoms with E-state index in [9.17, 15) is 4.79 Å². The van der Waals surface area contributed by atoms with E-state index < -0.39 is 0 Å². The number of hydrogen-bond acceptors (Lipinski definition) is 3. The van der Waals surface area contributed by atoms with Gasteiger partial charge in [0.2, 0.25) is 0 Å². The molecule has 0 aliphatic heterocycles. The number of amides is 1. The topological polar surface area (TPSA) is 50.4 Å². The van der Waals surface area contributed by atoms with Gasteiger partial charge in [-0.2, -0.15) is 0 Å². The lowest BCUT2D eigenvalue weighted by molar-refractivity contribution is 0.0962. The fraction of sp³-hybridized carbons (Fsp3) is 0.417. The Balaban J connectivity index is 2.25. The van der Waals surface area contributed by atoms with Gasteiger partial charge < -0.3 is 15.4 Å². The van der Waals surface area contributed by atoms with Gasteiger partial charge in [-0.1, -0.05) is 0 Å². The molecule has 2 N–H and O–H groups in total. The van der Waals surface area contributed by atoms with Crippen molar-refractivity contribution in [3.05, 3.63) is 23.8 Å². The van der Waals surface area contributed by atoms with Crippen molar-refractivity contribution >= 4 is 11.6 Å². The lowest BCUT2D eigenvalue weighted by atomic mass is 10.1. The fourth-order valence-corrected chi connectivity index (χ4v) is 1.47. The number of carbonyl (C=O) groups is 1. The fourth-order valence-electron chi connectivity index (χ4n) is 1.47. The van der Waals surface area contributed by atoms with Crippen LogP contribution in [0.15, 0.2) is 18.2 Å². The number of ether oxygens (including phenoxy) is 1. The monoisotopic (exact) mass is 220 g/mol. The van der Waals surface area contributed by atoms with Crippen molar-refractivity contribution in [3.63, 3.8) is 0 Å². The van der Waals surface area contributed by atoms with E-state index in [0.717, 1.165) is 24.3 Å². The first kappa shape index (κ1) is 10.8. The van der Waals surface area contributed by atoms with Crippen LogP contribution in [0.4, 0.5) is 5.69 Å². The second kappa shape index (κ2) is 4.43. The Labute approximate surface area is 95.0 Å². The summed E-state index contributed by atoms with van der Waals surface area (Å²) < 4.78 is 5.68. The Morgan fingerprint density at radius 3 is 2.62 bits per heavy atom. The van der Waals surface area contributed by atoms with Crippen molar-refractivity contribution in [1.82, 2.24) is 5.32 Å². The summed E-state index contributed by atoms with van der Waals surface area (Å²) in [5, 5.41) is 5.63. The molecule has 1 amide bonds. The summed E-state index contributed by atoms with van der Waals surface area (Å²) in [4.78, 5) is 11.5. The van der Waals surface area contributed by atoms with E-state index in [1.807, 2.05) is 13.1 Å². The molecule has 16 heavy (non-hydrogen) atoms. The Hall–Kier alpha value is -1.71. The summed E-state index contributed by atoms with van der Waals surface area (Å²) in [7, 11) is 3.44.